The second-order valence-electron chi connectivity index (χ2n) is 6.08. The van der Waals surface area contributed by atoms with Gasteiger partial charge in [0.25, 0.3) is 5.91 Å². The molecule has 1 heterocycles. The molecular formula is C22H17Cl2N3O3S. The summed E-state index contributed by atoms with van der Waals surface area (Å²) < 4.78 is 4.74. The van der Waals surface area contributed by atoms with Crippen molar-refractivity contribution >= 4 is 52.5 Å². The Morgan fingerprint density at radius 1 is 1.06 bits per heavy atom. The van der Waals surface area contributed by atoms with Crippen molar-refractivity contribution in [2.45, 2.75) is 9.92 Å². The van der Waals surface area contributed by atoms with Gasteiger partial charge in [-0.05, 0) is 42.5 Å². The average molecular weight is 474 g/mol. The lowest BCUT2D eigenvalue weighted by Gasteiger charge is -2.09. The molecule has 0 saturated heterocycles. The van der Waals surface area contributed by atoms with E-state index in [1.165, 1.54) is 25.1 Å². The molecule has 1 aromatic heterocycles. The van der Waals surface area contributed by atoms with Crippen molar-refractivity contribution in [3.8, 4) is 0 Å². The van der Waals surface area contributed by atoms with E-state index in [1.807, 2.05) is 0 Å². The first-order chi connectivity index (χ1) is 15.0. The summed E-state index contributed by atoms with van der Waals surface area (Å²) in [5.74, 6) is -1.12. The standard InChI is InChI=1S/C22H17Cl2N3O3S/c1-30-22(29)18(27-21(28)14-5-3-2-4-6-14)13-25-16-8-10-20(26-12-16)31-19-11-15(23)7-9-17(19)24/h2-13,25H,1H3,(H,27,28)/b18-13+. The van der Waals surface area contributed by atoms with Crippen molar-refractivity contribution < 1.29 is 14.3 Å². The second-order valence-corrected chi connectivity index (χ2v) is 7.98. The molecule has 1 amide bonds. The Balaban J connectivity index is 1.69. The van der Waals surface area contributed by atoms with Crippen LogP contribution < -0.4 is 10.6 Å². The maximum Gasteiger partial charge on any atom is 0.356 e. The van der Waals surface area contributed by atoms with E-state index in [4.69, 9.17) is 27.9 Å². The van der Waals surface area contributed by atoms with Crippen LogP contribution in [0.4, 0.5) is 5.69 Å². The Hall–Kier alpha value is -3.00. The minimum absolute atomic E-state index is 0.0412. The SMILES string of the molecule is COC(=O)/C(=C\Nc1ccc(Sc2cc(Cl)ccc2Cl)nc1)NC(=O)c1ccccc1. The average Bonchev–Trinajstić information content (AvgIpc) is 2.80. The number of carbonyl (C=O) groups is 2. The van der Waals surface area contributed by atoms with Gasteiger partial charge in [0.1, 0.15) is 10.7 Å². The van der Waals surface area contributed by atoms with E-state index in [9.17, 15) is 9.59 Å². The smallest absolute Gasteiger partial charge is 0.356 e. The zero-order valence-corrected chi connectivity index (χ0v) is 18.6. The van der Waals surface area contributed by atoms with Gasteiger partial charge in [0, 0.05) is 21.7 Å². The molecule has 2 N–H and O–H groups in total. The van der Waals surface area contributed by atoms with E-state index in [0.29, 0.717) is 26.3 Å². The third-order valence-corrected chi connectivity index (χ3v) is 5.60. The second kappa shape index (κ2) is 10.9. The molecule has 0 atom stereocenters. The van der Waals surface area contributed by atoms with Gasteiger partial charge in [0.15, 0.2) is 0 Å². The van der Waals surface area contributed by atoms with Crippen LogP contribution in [-0.4, -0.2) is 24.0 Å². The predicted molar refractivity (Wildman–Crippen MR) is 122 cm³/mol. The van der Waals surface area contributed by atoms with Crippen LogP contribution in [0.3, 0.4) is 0 Å². The molecule has 158 valence electrons. The van der Waals surface area contributed by atoms with Crippen molar-refractivity contribution in [2.75, 3.05) is 12.4 Å². The minimum atomic E-state index is -0.687. The molecule has 3 aromatic rings. The number of hydrogen-bond acceptors (Lipinski definition) is 6. The maximum absolute atomic E-state index is 12.3. The summed E-state index contributed by atoms with van der Waals surface area (Å²) >= 11 is 13.6. The van der Waals surface area contributed by atoms with E-state index in [1.54, 1.807) is 66.9 Å². The van der Waals surface area contributed by atoms with Crippen LogP contribution in [0.25, 0.3) is 0 Å². The van der Waals surface area contributed by atoms with Gasteiger partial charge in [-0.2, -0.15) is 0 Å². The van der Waals surface area contributed by atoms with Crippen molar-refractivity contribution in [2.24, 2.45) is 0 Å². The Bertz CT molecular complexity index is 1110. The molecule has 3 rings (SSSR count). The number of anilines is 1. The number of methoxy groups -OCH3 is 1. The first-order valence-electron chi connectivity index (χ1n) is 8.96. The van der Waals surface area contributed by atoms with Gasteiger partial charge < -0.3 is 15.4 Å². The largest absolute Gasteiger partial charge is 0.464 e. The van der Waals surface area contributed by atoms with Gasteiger partial charge in [0.2, 0.25) is 0 Å². The van der Waals surface area contributed by atoms with E-state index in [0.717, 1.165) is 4.90 Å². The molecule has 9 heteroatoms. The molecule has 0 fully saturated rings. The lowest BCUT2D eigenvalue weighted by molar-refractivity contribution is -0.136. The first-order valence-corrected chi connectivity index (χ1v) is 10.5. The molecule has 0 unspecified atom stereocenters. The van der Waals surface area contributed by atoms with Gasteiger partial charge in [0.05, 0.1) is 24.0 Å². The Morgan fingerprint density at radius 2 is 1.84 bits per heavy atom. The molecule has 0 aliphatic heterocycles. The number of benzene rings is 2. The molecule has 2 aromatic carbocycles. The third kappa shape index (κ3) is 6.49. The lowest BCUT2D eigenvalue weighted by Crippen LogP contribution is -2.28. The highest BCUT2D eigenvalue weighted by atomic mass is 35.5. The highest BCUT2D eigenvalue weighted by molar-refractivity contribution is 7.99. The van der Waals surface area contributed by atoms with Gasteiger partial charge in [-0.25, -0.2) is 9.78 Å². The Kier molecular flexibility index (Phi) is 7.94. The molecule has 31 heavy (non-hydrogen) atoms. The number of nitrogens with one attached hydrogen (secondary N) is 2. The van der Waals surface area contributed by atoms with Gasteiger partial charge in [-0.3, -0.25) is 4.79 Å². The van der Waals surface area contributed by atoms with Crippen LogP contribution in [-0.2, 0) is 9.53 Å². The first kappa shape index (κ1) is 22.7. The maximum atomic E-state index is 12.3. The summed E-state index contributed by atoms with van der Waals surface area (Å²) in [7, 11) is 1.24. The number of nitrogens with zero attached hydrogens (tertiary/aromatic N) is 1. The summed E-state index contributed by atoms with van der Waals surface area (Å²) in [6, 6.07) is 17.3. The normalized spacial score (nSPS) is 11.0. The summed E-state index contributed by atoms with van der Waals surface area (Å²) in [4.78, 5) is 29.5. The number of amides is 1. The number of hydrogen-bond donors (Lipinski definition) is 2. The summed E-state index contributed by atoms with van der Waals surface area (Å²) in [5, 5.41) is 7.36. The van der Waals surface area contributed by atoms with Crippen molar-refractivity contribution in [3.05, 3.63) is 94.4 Å². The molecule has 0 aliphatic rings. The Morgan fingerprint density at radius 3 is 2.52 bits per heavy atom. The molecular weight excluding hydrogens is 457 g/mol. The molecule has 6 nitrogen and oxygen atoms in total. The molecule has 0 bridgehead atoms. The molecule has 0 aliphatic carbocycles. The number of ether oxygens (including phenoxy) is 1. The fourth-order valence-electron chi connectivity index (χ4n) is 2.39. The van der Waals surface area contributed by atoms with Crippen LogP contribution in [0, 0.1) is 0 Å². The molecule has 0 saturated carbocycles. The summed E-state index contributed by atoms with van der Waals surface area (Å²) in [6.07, 6.45) is 2.94. The van der Waals surface area contributed by atoms with Crippen LogP contribution in [0.5, 0.6) is 0 Å². The quantitative estimate of drug-likeness (QED) is 0.353. The van der Waals surface area contributed by atoms with E-state index in [2.05, 4.69) is 15.6 Å². The summed E-state index contributed by atoms with van der Waals surface area (Å²) in [6.45, 7) is 0. The van der Waals surface area contributed by atoms with Gasteiger partial charge >= 0.3 is 5.97 Å². The Labute approximate surface area is 193 Å². The number of rotatable bonds is 7. The summed E-state index contributed by atoms with van der Waals surface area (Å²) in [5.41, 5.74) is 0.984. The van der Waals surface area contributed by atoms with Crippen LogP contribution in [0.1, 0.15) is 10.4 Å². The van der Waals surface area contributed by atoms with Crippen LogP contribution in [0.2, 0.25) is 10.0 Å². The lowest BCUT2D eigenvalue weighted by atomic mass is 10.2. The highest BCUT2D eigenvalue weighted by Gasteiger charge is 2.14. The highest BCUT2D eigenvalue weighted by Crippen LogP contribution is 2.34. The van der Waals surface area contributed by atoms with Gasteiger partial charge in [-0.15, -0.1) is 0 Å². The fraction of sp³-hybridized carbons (Fsp3) is 0.0455. The van der Waals surface area contributed by atoms with Crippen molar-refractivity contribution in [3.63, 3.8) is 0 Å². The monoisotopic (exact) mass is 473 g/mol. The van der Waals surface area contributed by atoms with E-state index in [-0.39, 0.29) is 5.70 Å². The fourth-order valence-corrected chi connectivity index (χ4v) is 3.68. The number of pyridine rings is 1. The predicted octanol–water partition coefficient (Wildman–Crippen LogP) is 5.40. The van der Waals surface area contributed by atoms with Gasteiger partial charge in [-0.1, -0.05) is 53.2 Å². The zero-order chi connectivity index (χ0) is 22.2. The number of esters is 1. The van der Waals surface area contributed by atoms with E-state index >= 15 is 0 Å². The minimum Gasteiger partial charge on any atom is -0.464 e. The number of carbonyl (C=O) groups excluding carboxylic acids is 2. The van der Waals surface area contributed by atoms with Crippen molar-refractivity contribution in [1.82, 2.24) is 10.3 Å². The molecule has 0 radical (unpaired) electrons. The van der Waals surface area contributed by atoms with Crippen LogP contribution >= 0.6 is 35.0 Å². The zero-order valence-electron chi connectivity index (χ0n) is 16.3. The molecule has 0 spiro atoms. The van der Waals surface area contributed by atoms with Crippen LogP contribution in [0.15, 0.2) is 88.7 Å². The van der Waals surface area contributed by atoms with E-state index < -0.39 is 11.9 Å². The number of halogens is 2. The van der Waals surface area contributed by atoms with Crippen molar-refractivity contribution in [1.29, 1.82) is 0 Å². The third-order valence-electron chi connectivity index (χ3n) is 3.92. The topological polar surface area (TPSA) is 80.3 Å². The number of aromatic nitrogens is 1.